The Labute approximate surface area is 119 Å². The Morgan fingerprint density at radius 3 is 2.70 bits per heavy atom. The zero-order chi connectivity index (χ0) is 14.7. The van der Waals surface area contributed by atoms with Crippen molar-refractivity contribution in [2.24, 2.45) is 11.8 Å². The van der Waals surface area contributed by atoms with Crippen LogP contribution in [0.5, 0.6) is 0 Å². The molecule has 4 unspecified atom stereocenters. The summed E-state index contributed by atoms with van der Waals surface area (Å²) in [4.78, 5) is 24.9. The first-order valence-corrected chi connectivity index (χ1v) is 7.49. The molecule has 0 spiro atoms. The van der Waals surface area contributed by atoms with Crippen molar-refractivity contribution in [3.8, 4) is 0 Å². The number of aliphatic hydroxyl groups excluding tert-OH is 1. The van der Waals surface area contributed by atoms with Gasteiger partial charge in [-0.3, -0.25) is 0 Å². The fraction of sp³-hybridized carbons (Fsp3) is 0.857. The van der Waals surface area contributed by atoms with E-state index in [0.717, 1.165) is 25.7 Å². The summed E-state index contributed by atoms with van der Waals surface area (Å²) in [6.45, 7) is 3.16. The first kappa shape index (κ1) is 15.1. The number of carboxylic acids is 1. The molecule has 1 heterocycles. The number of likely N-dealkylation sites (tertiary alicyclic amines) is 1. The molecule has 1 aliphatic heterocycles. The average molecular weight is 284 g/mol. The molecule has 2 aliphatic rings. The number of hydrogen-bond acceptors (Lipinski definition) is 3. The molecule has 1 saturated heterocycles. The molecule has 1 saturated carbocycles. The number of nitrogens with one attached hydrogen (secondary N) is 1. The van der Waals surface area contributed by atoms with Gasteiger partial charge >= 0.3 is 12.0 Å². The molecule has 0 radical (unpaired) electrons. The number of aliphatic carboxylic acids is 1. The maximum absolute atomic E-state index is 12.1. The van der Waals surface area contributed by atoms with Crippen LogP contribution < -0.4 is 5.32 Å². The molecule has 2 fully saturated rings. The highest BCUT2D eigenvalue weighted by Crippen LogP contribution is 2.37. The van der Waals surface area contributed by atoms with E-state index < -0.39 is 12.0 Å². The first-order valence-electron chi connectivity index (χ1n) is 7.49. The van der Waals surface area contributed by atoms with Crippen LogP contribution in [-0.4, -0.2) is 52.3 Å². The summed E-state index contributed by atoms with van der Waals surface area (Å²) in [7, 11) is 0. The molecule has 0 aromatic rings. The number of amides is 2. The van der Waals surface area contributed by atoms with Crippen molar-refractivity contribution in [1.29, 1.82) is 0 Å². The van der Waals surface area contributed by atoms with Gasteiger partial charge in [0.25, 0.3) is 0 Å². The van der Waals surface area contributed by atoms with Gasteiger partial charge in [0, 0.05) is 19.0 Å². The Bertz CT molecular complexity index is 374. The molecule has 0 aromatic carbocycles. The van der Waals surface area contributed by atoms with Crippen LogP contribution in [0.2, 0.25) is 0 Å². The van der Waals surface area contributed by atoms with Gasteiger partial charge in [0.2, 0.25) is 0 Å². The van der Waals surface area contributed by atoms with Crippen molar-refractivity contribution in [3.05, 3.63) is 0 Å². The van der Waals surface area contributed by atoms with Crippen LogP contribution in [0.4, 0.5) is 4.79 Å². The molecule has 114 valence electrons. The molecular weight excluding hydrogens is 260 g/mol. The fourth-order valence-corrected chi connectivity index (χ4v) is 3.31. The topological polar surface area (TPSA) is 89.9 Å². The van der Waals surface area contributed by atoms with E-state index in [0.29, 0.717) is 25.4 Å². The van der Waals surface area contributed by atoms with Crippen LogP contribution in [0.15, 0.2) is 0 Å². The van der Waals surface area contributed by atoms with E-state index in [1.165, 1.54) is 0 Å². The normalized spacial score (nSPS) is 30.1. The van der Waals surface area contributed by atoms with Gasteiger partial charge in [-0.25, -0.2) is 9.59 Å². The van der Waals surface area contributed by atoms with Gasteiger partial charge in [0.15, 0.2) is 0 Å². The largest absolute Gasteiger partial charge is 0.480 e. The van der Waals surface area contributed by atoms with Crippen LogP contribution in [0.1, 0.15) is 39.0 Å². The number of nitrogens with zero attached hydrogens (tertiary/aromatic N) is 1. The minimum absolute atomic E-state index is 0.166. The van der Waals surface area contributed by atoms with Crippen LogP contribution >= 0.6 is 0 Å². The zero-order valence-electron chi connectivity index (χ0n) is 11.9. The number of carbonyl (C=O) groups is 2. The SMILES string of the molecule is CCCCC(NC(=O)N1CC2CCC(O)C2C1)C(=O)O. The molecule has 0 aromatic heterocycles. The molecule has 6 heteroatoms. The van der Waals surface area contributed by atoms with Crippen LogP contribution in [0.25, 0.3) is 0 Å². The highest BCUT2D eigenvalue weighted by molar-refractivity contribution is 5.82. The minimum Gasteiger partial charge on any atom is -0.480 e. The van der Waals surface area contributed by atoms with Crippen LogP contribution in [0.3, 0.4) is 0 Å². The smallest absolute Gasteiger partial charge is 0.326 e. The van der Waals surface area contributed by atoms with E-state index in [4.69, 9.17) is 5.11 Å². The number of aliphatic hydroxyl groups is 1. The summed E-state index contributed by atoms with van der Waals surface area (Å²) in [5.41, 5.74) is 0. The van der Waals surface area contributed by atoms with Crippen molar-refractivity contribution in [2.75, 3.05) is 13.1 Å². The molecule has 2 rings (SSSR count). The van der Waals surface area contributed by atoms with Crippen molar-refractivity contribution in [2.45, 2.75) is 51.2 Å². The molecule has 6 nitrogen and oxygen atoms in total. The Balaban J connectivity index is 1.86. The van der Waals surface area contributed by atoms with E-state index in [1.807, 2.05) is 6.92 Å². The van der Waals surface area contributed by atoms with Crippen molar-refractivity contribution in [1.82, 2.24) is 10.2 Å². The fourth-order valence-electron chi connectivity index (χ4n) is 3.31. The molecule has 0 bridgehead atoms. The number of carboxylic acid groups (broad SMARTS) is 1. The lowest BCUT2D eigenvalue weighted by atomic mass is 10.00. The van der Waals surface area contributed by atoms with Crippen molar-refractivity contribution in [3.63, 3.8) is 0 Å². The predicted octanol–water partition coefficient (Wildman–Crippen LogP) is 1.04. The number of fused-ring (bicyclic) bond motifs is 1. The average Bonchev–Trinajstić information content (AvgIpc) is 2.96. The van der Waals surface area contributed by atoms with E-state index in [9.17, 15) is 14.7 Å². The third-order valence-electron chi connectivity index (χ3n) is 4.55. The standard InChI is InChI=1S/C14H24N2O4/c1-2-3-4-11(13(18)19)15-14(20)16-7-9-5-6-12(17)10(9)8-16/h9-12,17H,2-8H2,1H3,(H,15,20)(H,18,19). The lowest BCUT2D eigenvalue weighted by Gasteiger charge is -2.22. The third kappa shape index (κ3) is 3.23. The van der Waals surface area contributed by atoms with Crippen LogP contribution in [-0.2, 0) is 4.79 Å². The summed E-state index contributed by atoms with van der Waals surface area (Å²) in [6, 6.07) is -1.12. The molecule has 4 atom stereocenters. The van der Waals surface area contributed by atoms with Gasteiger partial charge in [0.05, 0.1) is 6.10 Å². The highest BCUT2D eigenvalue weighted by Gasteiger charge is 2.43. The van der Waals surface area contributed by atoms with Gasteiger partial charge < -0.3 is 20.4 Å². The Hall–Kier alpha value is -1.30. The van der Waals surface area contributed by atoms with E-state index in [2.05, 4.69) is 5.32 Å². The highest BCUT2D eigenvalue weighted by atomic mass is 16.4. The van der Waals surface area contributed by atoms with Crippen molar-refractivity contribution < 1.29 is 19.8 Å². The summed E-state index contributed by atoms with van der Waals surface area (Å²) < 4.78 is 0. The number of unbranched alkanes of at least 4 members (excludes halogenated alkanes) is 1. The maximum atomic E-state index is 12.1. The summed E-state index contributed by atoms with van der Waals surface area (Å²) in [5, 5.41) is 21.6. The summed E-state index contributed by atoms with van der Waals surface area (Å²) in [6.07, 6.45) is 3.60. The molecule has 20 heavy (non-hydrogen) atoms. The predicted molar refractivity (Wildman–Crippen MR) is 73.3 cm³/mol. The third-order valence-corrected chi connectivity index (χ3v) is 4.55. The van der Waals surface area contributed by atoms with Gasteiger partial charge in [0.1, 0.15) is 6.04 Å². The number of carbonyl (C=O) groups excluding carboxylic acids is 1. The van der Waals surface area contributed by atoms with Gasteiger partial charge in [-0.1, -0.05) is 19.8 Å². The van der Waals surface area contributed by atoms with Gasteiger partial charge in [-0.05, 0) is 25.2 Å². The second-order valence-corrected chi connectivity index (χ2v) is 5.96. The second kappa shape index (κ2) is 6.43. The minimum atomic E-state index is -0.980. The maximum Gasteiger partial charge on any atom is 0.326 e. The van der Waals surface area contributed by atoms with Crippen LogP contribution in [0, 0.1) is 11.8 Å². The van der Waals surface area contributed by atoms with E-state index in [-0.39, 0.29) is 18.1 Å². The lowest BCUT2D eigenvalue weighted by Crippen LogP contribution is -2.47. The Morgan fingerprint density at radius 1 is 1.35 bits per heavy atom. The molecular formula is C14H24N2O4. The Kier molecular flexibility index (Phi) is 4.86. The van der Waals surface area contributed by atoms with Gasteiger partial charge in [-0.2, -0.15) is 0 Å². The summed E-state index contributed by atoms with van der Waals surface area (Å²) in [5.74, 6) is -0.444. The molecule has 1 aliphatic carbocycles. The second-order valence-electron chi connectivity index (χ2n) is 5.96. The Morgan fingerprint density at radius 2 is 2.10 bits per heavy atom. The number of urea groups is 1. The number of hydrogen-bond donors (Lipinski definition) is 3. The van der Waals surface area contributed by atoms with Crippen molar-refractivity contribution >= 4 is 12.0 Å². The molecule has 3 N–H and O–H groups in total. The molecule has 2 amide bonds. The number of rotatable bonds is 5. The summed E-state index contributed by atoms with van der Waals surface area (Å²) >= 11 is 0. The van der Waals surface area contributed by atoms with Gasteiger partial charge in [-0.15, -0.1) is 0 Å². The first-order chi connectivity index (χ1) is 9.52. The van der Waals surface area contributed by atoms with E-state index in [1.54, 1.807) is 4.90 Å². The zero-order valence-corrected chi connectivity index (χ0v) is 11.9. The monoisotopic (exact) mass is 284 g/mol. The lowest BCUT2D eigenvalue weighted by molar-refractivity contribution is -0.139. The quantitative estimate of drug-likeness (QED) is 0.703. The van der Waals surface area contributed by atoms with E-state index >= 15 is 0 Å².